The topological polar surface area (TPSA) is 29.1 Å². The number of rotatable bonds is 2. The third-order valence-corrected chi connectivity index (χ3v) is 2.75. The van der Waals surface area contributed by atoms with E-state index in [-0.39, 0.29) is 17.6 Å². The second-order valence-corrected chi connectivity index (χ2v) is 3.98. The van der Waals surface area contributed by atoms with E-state index in [4.69, 9.17) is 0 Å². The van der Waals surface area contributed by atoms with Crippen molar-refractivity contribution in [3.05, 3.63) is 42.2 Å². The van der Waals surface area contributed by atoms with Crippen LogP contribution in [-0.4, -0.2) is 5.91 Å². The Balaban J connectivity index is 1.96. The molecule has 0 unspecified atom stereocenters. The molecule has 0 bridgehead atoms. The van der Waals surface area contributed by atoms with Crippen molar-refractivity contribution in [1.82, 2.24) is 0 Å². The predicted octanol–water partition coefficient (Wildman–Crippen LogP) is 3.12. The van der Waals surface area contributed by atoms with Crippen molar-refractivity contribution in [2.75, 3.05) is 5.32 Å². The van der Waals surface area contributed by atoms with Crippen molar-refractivity contribution in [2.45, 2.75) is 19.3 Å². The summed E-state index contributed by atoms with van der Waals surface area (Å²) in [7, 11) is 0. The summed E-state index contributed by atoms with van der Waals surface area (Å²) in [6.45, 7) is 0. The molecular formula is C13H14FNO. The predicted molar refractivity (Wildman–Crippen MR) is 61.5 cm³/mol. The summed E-state index contributed by atoms with van der Waals surface area (Å²) in [6.07, 6.45) is 6.79. The molecule has 0 spiro atoms. The van der Waals surface area contributed by atoms with Gasteiger partial charge in [-0.2, -0.15) is 0 Å². The minimum atomic E-state index is -0.293. The molecule has 3 heteroatoms. The lowest BCUT2D eigenvalue weighted by Gasteiger charge is -2.17. The number of allylic oxidation sites excluding steroid dienone is 2. The van der Waals surface area contributed by atoms with E-state index in [1.165, 1.54) is 12.1 Å². The highest BCUT2D eigenvalue weighted by Crippen LogP contribution is 2.20. The maximum Gasteiger partial charge on any atom is 0.227 e. The first-order valence-corrected chi connectivity index (χ1v) is 5.47. The molecule has 2 rings (SSSR count). The molecule has 1 aromatic carbocycles. The zero-order chi connectivity index (χ0) is 11.4. The van der Waals surface area contributed by atoms with Crippen LogP contribution >= 0.6 is 0 Å². The van der Waals surface area contributed by atoms with Crippen molar-refractivity contribution in [3.63, 3.8) is 0 Å². The maximum absolute atomic E-state index is 12.7. The van der Waals surface area contributed by atoms with Crippen molar-refractivity contribution < 1.29 is 9.18 Å². The summed E-state index contributed by atoms with van der Waals surface area (Å²) in [4.78, 5) is 11.8. The van der Waals surface area contributed by atoms with Gasteiger partial charge in [0.2, 0.25) is 5.91 Å². The molecular weight excluding hydrogens is 205 g/mol. The van der Waals surface area contributed by atoms with E-state index < -0.39 is 0 Å². The molecule has 1 atom stereocenters. The van der Waals surface area contributed by atoms with Crippen LogP contribution in [0.25, 0.3) is 0 Å². The molecule has 1 aliphatic carbocycles. The van der Waals surface area contributed by atoms with Crippen LogP contribution in [0.15, 0.2) is 36.4 Å². The molecule has 2 nitrogen and oxygen atoms in total. The first kappa shape index (κ1) is 10.9. The molecule has 0 radical (unpaired) electrons. The van der Waals surface area contributed by atoms with Crippen LogP contribution in [0.1, 0.15) is 19.3 Å². The molecule has 0 aliphatic heterocycles. The van der Waals surface area contributed by atoms with Gasteiger partial charge in [-0.3, -0.25) is 4.79 Å². The van der Waals surface area contributed by atoms with E-state index >= 15 is 0 Å². The third-order valence-electron chi connectivity index (χ3n) is 2.75. The molecule has 0 aromatic heterocycles. The Morgan fingerprint density at radius 1 is 1.25 bits per heavy atom. The zero-order valence-electron chi connectivity index (χ0n) is 8.95. The van der Waals surface area contributed by atoms with Crippen LogP contribution in [0.4, 0.5) is 10.1 Å². The average Bonchev–Trinajstić information content (AvgIpc) is 2.33. The monoisotopic (exact) mass is 219 g/mol. The van der Waals surface area contributed by atoms with E-state index in [2.05, 4.69) is 11.4 Å². The lowest BCUT2D eigenvalue weighted by Crippen LogP contribution is -2.23. The highest BCUT2D eigenvalue weighted by atomic mass is 19.1. The summed E-state index contributed by atoms with van der Waals surface area (Å²) in [5.74, 6) is -0.218. The molecule has 1 N–H and O–H groups in total. The van der Waals surface area contributed by atoms with Crippen LogP contribution in [0.3, 0.4) is 0 Å². The highest BCUT2D eigenvalue weighted by molar-refractivity contribution is 5.92. The van der Waals surface area contributed by atoms with Crippen LogP contribution in [0.2, 0.25) is 0 Å². The van der Waals surface area contributed by atoms with E-state index in [1.807, 2.05) is 6.08 Å². The number of amides is 1. The molecule has 0 fully saturated rings. The maximum atomic E-state index is 12.7. The second kappa shape index (κ2) is 4.92. The molecule has 1 amide bonds. The van der Waals surface area contributed by atoms with Gasteiger partial charge >= 0.3 is 0 Å². The molecule has 16 heavy (non-hydrogen) atoms. The van der Waals surface area contributed by atoms with Crippen molar-refractivity contribution in [3.8, 4) is 0 Å². The fourth-order valence-corrected chi connectivity index (χ4v) is 1.81. The number of hydrogen-bond donors (Lipinski definition) is 1. The number of benzene rings is 1. The molecule has 0 saturated heterocycles. The standard InChI is InChI=1S/C13H14FNO/c14-11-6-8-12(9-7-11)15-13(16)10-4-2-1-3-5-10/h1-2,6-10H,3-5H2,(H,15,16)/t10-/m0/s1. The van der Waals surface area contributed by atoms with Crippen LogP contribution in [-0.2, 0) is 4.79 Å². The Morgan fingerprint density at radius 3 is 2.62 bits per heavy atom. The summed E-state index contributed by atoms with van der Waals surface area (Å²) < 4.78 is 12.7. The fourth-order valence-electron chi connectivity index (χ4n) is 1.81. The van der Waals surface area contributed by atoms with Crippen molar-refractivity contribution in [1.29, 1.82) is 0 Å². The van der Waals surface area contributed by atoms with Gasteiger partial charge in [-0.05, 0) is 43.5 Å². The van der Waals surface area contributed by atoms with Gasteiger partial charge in [0.25, 0.3) is 0 Å². The number of halogens is 1. The van der Waals surface area contributed by atoms with Gasteiger partial charge in [0.15, 0.2) is 0 Å². The van der Waals surface area contributed by atoms with Gasteiger partial charge in [-0.1, -0.05) is 12.2 Å². The Labute approximate surface area is 94.2 Å². The zero-order valence-corrected chi connectivity index (χ0v) is 8.95. The minimum Gasteiger partial charge on any atom is -0.326 e. The van der Waals surface area contributed by atoms with Gasteiger partial charge in [0.1, 0.15) is 5.82 Å². The lowest BCUT2D eigenvalue weighted by molar-refractivity contribution is -0.120. The van der Waals surface area contributed by atoms with Gasteiger partial charge in [-0.25, -0.2) is 4.39 Å². The number of hydrogen-bond acceptors (Lipinski definition) is 1. The van der Waals surface area contributed by atoms with Crippen molar-refractivity contribution >= 4 is 11.6 Å². The second-order valence-electron chi connectivity index (χ2n) is 3.98. The summed E-state index contributed by atoms with van der Waals surface area (Å²) in [6, 6.07) is 5.84. The first-order valence-electron chi connectivity index (χ1n) is 5.47. The number of carbonyl (C=O) groups is 1. The fraction of sp³-hybridized carbons (Fsp3) is 0.308. The lowest BCUT2D eigenvalue weighted by atomic mass is 9.93. The SMILES string of the molecule is O=C(Nc1ccc(F)cc1)[C@H]1CC=CCC1. The Hall–Kier alpha value is -1.64. The van der Waals surface area contributed by atoms with E-state index in [0.29, 0.717) is 5.69 Å². The van der Waals surface area contributed by atoms with E-state index in [1.54, 1.807) is 12.1 Å². The molecule has 0 heterocycles. The van der Waals surface area contributed by atoms with Crippen LogP contribution in [0.5, 0.6) is 0 Å². The Bertz CT molecular complexity index is 397. The summed E-state index contributed by atoms with van der Waals surface area (Å²) >= 11 is 0. The largest absolute Gasteiger partial charge is 0.326 e. The Morgan fingerprint density at radius 2 is 2.00 bits per heavy atom. The number of nitrogens with one attached hydrogen (secondary N) is 1. The van der Waals surface area contributed by atoms with E-state index in [9.17, 15) is 9.18 Å². The Kier molecular flexibility index (Phi) is 3.34. The molecule has 1 aromatic rings. The molecule has 0 saturated carbocycles. The quantitative estimate of drug-likeness (QED) is 0.761. The number of anilines is 1. The minimum absolute atomic E-state index is 0.0240. The normalized spacial score (nSPS) is 19.4. The summed E-state index contributed by atoms with van der Waals surface area (Å²) in [5, 5.41) is 2.80. The molecule has 1 aliphatic rings. The third kappa shape index (κ3) is 2.69. The van der Waals surface area contributed by atoms with Gasteiger partial charge < -0.3 is 5.32 Å². The average molecular weight is 219 g/mol. The van der Waals surface area contributed by atoms with Crippen LogP contribution < -0.4 is 5.32 Å². The molecule has 84 valence electrons. The highest BCUT2D eigenvalue weighted by Gasteiger charge is 2.18. The summed E-state index contributed by atoms with van der Waals surface area (Å²) in [5.41, 5.74) is 0.654. The van der Waals surface area contributed by atoms with Crippen molar-refractivity contribution in [2.24, 2.45) is 5.92 Å². The smallest absolute Gasteiger partial charge is 0.227 e. The van der Waals surface area contributed by atoms with Crippen LogP contribution in [0, 0.1) is 11.7 Å². The van der Waals surface area contributed by atoms with Gasteiger partial charge in [0, 0.05) is 11.6 Å². The van der Waals surface area contributed by atoms with E-state index in [0.717, 1.165) is 19.3 Å². The number of carbonyl (C=O) groups excluding carboxylic acids is 1. The van der Waals surface area contributed by atoms with Gasteiger partial charge in [-0.15, -0.1) is 0 Å². The first-order chi connectivity index (χ1) is 7.75. The van der Waals surface area contributed by atoms with Gasteiger partial charge in [0.05, 0.1) is 0 Å².